The zero-order valence-corrected chi connectivity index (χ0v) is 9.86. The highest BCUT2D eigenvalue weighted by Gasteiger charge is 2.17. The molecule has 0 fully saturated rings. The number of hydrogen-bond acceptors (Lipinski definition) is 6. The molecule has 0 heterocycles. The average molecular weight is 266 g/mol. The Balaban J connectivity index is 2.70. The monoisotopic (exact) mass is 266 g/mol. The molecule has 0 unspecified atom stereocenters. The van der Waals surface area contributed by atoms with E-state index in [1.807, 2.05) is 5.32 Å². The van der Waals surface area contributed by atoms with Crippen LogP contribution in [0.15, 0.2) is 36.6 Å². The van der Waals surface area contributed by atoms with Crippen LogP contribution in [0.4, 0.5) is 10.5 Å². The van der Waals surface area contributed by atoms with Crippen LogP contribution < -0.4 is 10.1 Å². The highest BCUT2D eigenvalue weighted by Crippen LogP contribution is 2.25. The number of nitrogens with one attached hydrogen (secondary N) is 1. The number of hydrogen-bond donors (Lipinski definition) is 1. The van der Waals surface area contributed by atoms with Gasteiger partial charge >= 0.3 is 11.8 Å². The van der Waals surface area contributed by atoms with Gasteiger partial charge < -0.3 is 9.47 Å². The molecule has 2 amide bonds. The molecule has 0 spiro atoms. The van der Waals surface area contributed by atoms with Crippen molar-refractivity contribution in [2.75, 3.05) is 7.11 Å². The number of nitrogens with zero attached hydrogens (tertiary/aromatic N) is 1. The van der Waals surface area contributed by atoms with E-state index in [-0.39, 0.29) is 11.4 Å². The number of nitro groups is 1. The van der Waals surface area contributed by atoms with E-state index in [0.717, 1.165) is 12.3 Å². The minimum Gasteiger partial charge on any atom is -0.504 e. The number of carbonyl (C=O) groups is 2. The van der Waals surface area contributed by atoms with Gasteiger partial charge in [0.15, 0.2) is 0 Å². The van der Waals surface area contributed by atoms with Crippen molar-refractivity contribution in [2.45, 2.75) is 0 Å². The second kappa shape index (κ2) is 6.74. The third kappa shape index (κ3) is 4.46. The largest absolute Gasteiger partial charge is 0.504 e. The second-order valence-corrected chi connectivity index (χ2v) is 3.14. The number of ether oxygens (including phenoxy) is 2. The summed E-state index contributed by atoms with van der Waals surface area (Å²) < 4.78 is 9.15. The summed E-state index contributed by atoms with van der Waals surface area (Å²) in [4.78, 5) is 32.4. The predicted octanol–water partition coefficient (Wildman–Crippen LogP) is 1.37. The quantitative estimate of drug-likeness (QED) is 0.381. The fourth-order valence-electron chi connectivity index (χ4n) is 1.09. The smallest absolute Gasteiger partial charge is 0.419 e. The van der Waals surface area contributed by atoms with E-state index in [9.17, 15) is 19.7 Å². The number of benzene rings is 1. The van der Waals surface area contributed by atoms with Gasteiger partial charge in [0.1, 0.15) is 0 Å². The van der Waals surface area contributed by atoms with Crippen molar-refractivity contribution in [1.29, 1.82) is 0 Å². The van der Waals surface area contributed by atoms with E-state index in [1.54, 1.807) is 0 Å². The molecule has 0 atom stereocenters. The lowest BCUT2D eigenvalue weighted by molar-refractivity contribution is -0.385. The summed E-state index contributed by atoms with van der Waals surface area (Å²) in [5, 5.41) is 12.5. The summed E-state index contributed by atoms with van der Waals surface area (Å²) in [5.41, 5.74) is -0.377. The Bertz CT molecular complexity index is 526. The van der Waals surface area contributed by atoms with Crippen molar-refractivity contribution in [3.8, 4) is 5.75 Å². The molecular weight excluding hydrogens is 256 g/mol. The van der Waals surface area contributed by atoms with Gasteiger partial charge in [-0.05, 0) is 6.07 Å². The summed E-state index contributed by atoms with van der Waals surface area (Å²) in [7, 11) is 1.33. The molecule has 8 nitrogen and oxygen atoms in total. The van der Waals surface area contributed by atoms with Crippen molar-refractivity contribution in [2.24, 2.45) is 0 Å². The van der Waals surface area contributed by atoms with Gasteiger partial charge in [0, 0.05) is 12.1 Å². The zero-order valence-electron chi connectivity index (χ0n) is 9.86. The Morgan fingerprint density at radius 1 is 1.37 bits per heavy atom. The first-order valence-electron chi connectivity index (χ1n) is 5.00. The SMILES string of the molecule is CO/C=C/C(=O)NC(=O)Oc1ccccc1[N+](=O)[O-]. The maximum atomic E-state index is 11.3. The standard InChI is InChI=1S/C11H10N2O6/c1-18-7-6-10(14)12-11(15)19-9-5-3-2-4-8(9)13(16)17/h2-7H,1H3,(H,12,14,15)/b7-6+. The van der Waals surface area contributed by atoms with Gasteiger partial charge in [-0.15, -0.1) is 0 Å². The lowest BCUT2D eigenvalue weighted by Crippen LogP contribution is -2.31. The topological polar surface area (TPSA) is 108 Å². The maximum absolute atomic E-state index is 11.3. The molecule has 8 heteroatoms. The van der Waals surface area contributed by atoms with Crippen molar-refractivity contribution >= 4 is 17.7 Å². The van der Waals surface area contributed by atoms with Gasteiger partial charge in [-0.3, -0.25) is 20.2 Å². The van der Waals surface area contributed by atoms with Crippen LogP contribution in [0.3, 0.4) is 0 Å². The molecule has 0 aliphatic heterocycles. The molecule has 0 aliphatic carbocycles. The summed E-state index contributed by atoms with van der Waals surface area (Å²) >= 11 is 0. The molecule has 0 radical (unpaired) electrons. The first-order chi connectivity index (χ1) is 9.04. The van der Waals surface area contributed by atoms with E-state index in [2.05, 4.69) is 9.47 Å². The number of carbonyl (C=O) groups excluding carboxylic acids is 2. The van der Waals surface area contributed by atoms with Crippen LogP contribution in [-0.4, -0.2) is 24.0 Å². The van der Waals surface area contributed by atoms with Crippen LogP contribution in [0.1, 0.15) is 0 Å². The van der Waals surface area contributed by atoms with E-state index in [1.165, 1.54) is 31.4 Å². The summed E-state index contributed by atoms with van der Waals surface area (Å²) in [6, 6.07) is 5.31. The number of methoxy groups -OCH3 is 1. The first kappa shape index (κ1) is 14.2. The first-order valence-corrected chi connectivity index (χ1v) is 5.00. The van der Waals surface area contributed by atoms with Crippen molar-refractivity contribution in [3.05, 3.63) is 46.7 Å². The molecule has 1 N–H and O–H groups in total. The summed E-state index contributed by atoms with van der Waals surface area (Å²) in [6.45, 7) is 0. The predicted molar refractivity (Wildman–Crippen MR) is 63.4 cm³/mol. The van der Waals surface area contributed by atoms with Gasteiger partial charge in [0.2, 0.25) is 5.75 Å². The summed E-state index contributed by atoms with van der Waals surface area (Å²) in [6.07, 6.45) is 0.897. The van der Waals surface area contributed by atoms with E-state index >= 15 is 0 Å². The lowest BCUT2D eigenvalue weighted by Gasteiger charge is -2.04. The van der Waals surface area contributed by atoms with Crippen molar-refractivity contribution in [1.82, 2.24) is 5.32 Å². The molecule has 1 aromatic carbocycles. The zero-order chi connectivity index (χ0) is 14.3. The van der Waals surface area contributed by atoms with Crippen LogP contribution in [0.5, 0.6) is 5.75 Å². The highest BCUT2D eigenvalue weighted by molar-refractivity contribution is 5.98. The normalized spacial score (nSPS) is 9.95. The summed E-state index contributed by atoms with van der Waals surface area (Å²) in [5.74, 6) is -1.03. The number of rotatable bonds is 4. The Labute approximate surface area is 107 Å². The Morgan fingerprint density at radius 3 is 2.68 bits per heavy atom. The fraction of sp³-hybridized carbons (Fsp3) is 0.0909. The third-order valence-electron chi connectivity index (χ3n) is 1.85. The molecule has 0 aliphatic rings. The number of imide groups is 1. The van der Waals surface area contributed by atoms with Gasteiger partial charge in [0.25, 0.3) is 5.91 Å². The number of para-hydroxylation sites is 2. The average Bonchev–Trinajstić information content (AvgIpc) is 2.36. The number of amides is 2. The minimum absolute atomic E-state index is 0.256. The van der Waals surface area contributed by atoms with Gasteiger partial charge in [0.05, 0.1) is 18.3 Å². The van der Waals surface area contributed by atoms with Crippen LogP contribution in [0, 0.1) is 10.1 Å². The lowest BCUT2D eigenvalue weighted by atomic mass is 10.3. The van der Waals surface area contributed by atoms with Crippen molar-refractivity contribution < 1.29 is 24.0 Å². The van der Waals surface area contributed by atoms with E-state index in [4.69, 9.17) is 0 Å². The second-order valence-electron chi connectivity index (χ2n) is 3.14. The molecule has 0 bridgehead atoms. The highest BCUT2D eigenvalue weighted by atomic mass is 16.6. The molecule has 0 aromatic heterocycles. The molecule has 1 rings (SSSR count). The molecular formula is C11H10N2O6. The van der Waals surface area contributed by atoms with Gasteiger partial charge in [-0.1, -0.05) is 12.1 Å². The Morgan fingerprint density at radius 2 is 2.05 bits per heavy atom. The Hall–Kier alpha value is -2.90. The van der Waals surface area contributed by atoms with Crippen LogP contribution >= 0.6 is 0 Å². The fourth-order valence-corrected chi connectivity index (χ4v) is 1.09. The van der Waals surface area contributed by atoms with E-state index < -0.39 is 16.9 Å². The van der Waals surface area contributed by atoms with Crippen molar-refractivity contribution in [3.63, 3.8) is 0 Å². The third-order valence-corrected chi connectivity index (χ3v) is 1.85. The molecule has 19 heavy (non-hydrogen) atoms. The molecule has 0 saturated heterocycles. The molecule has 0 saturated carbocycles. The van der Waals surface area contributed by atoms with Crippen LogP contribution in [0.2, 0.25) is 0 Å². The Kier molecular flexibility index (Phi) is 5.03. The van der Waals surface area contributed by atoms with Crippen LogP contribution in [-0.2, 0) is 9.53 Å². The van der Waals surface area contributed by atoms with Gasteiger partial charge in [-0.2, -0.15) is 0 Å². The molecule has 100 valence electrons. The van der Waals surface area contributed by atoms with Gasteiger partial charge in [-0.25, -0.2) is 4.79 Å². The van der Waals surface area contributed by atoms with E-state index in [0.29, 0.717) is 0 Å². The maximum Gasteiger partial charge on any atom is 0.419 e. The minimum atomic E-state index is -1.12. The van der Waals surface area contributed by atoms with Crippen LogP contribution in [0.25, 0.3) is 0 Å². The molecule has 1 aromatic rings. The number of nitro benzene ring substituents is 1.